The molecule has 4 nitrogen and oxygen atoms in total. The van der Waals surface area contributed by atoms with Crippen LogP contribution in [0.5, 0.6) is 0 Å². The number of fused-ring (bicyclic) bond motifs is 1. The Labute approximate surface area is 86.5 Å². The summed E-state index contributed by atoms with van der Waals surface area (Å²) >= 11 is 0. The average molecular weight is 198 g/mol. The number of benzene rings is 1. The van der Waals surface area contributed by atoms with E-state index in [1.165, 1.54) is 0 Å². The van der Waals surface area contributed by atoms with Gasteiger partial charge in [-0.05, 0) is 18.2 Å². The van der Waals surface area contributed by atoms with E-state index in [2.05, 4.69) is 33.5 Å². The summed E-state index contributed by atoms with van der Waals surface area (Å²) in [5.74, 6) is 0. The molecule has 0 atom stereocenters. The Morgan fingerprint density at radius 3 is 3.00 bits per heavy atom. The zero-order valence-corrected chi connectivity index (χ0v) is 8.31. The lowest BCUT2D eigenvalue weighted by Gasteiger charge is -1.98. The number of hydrogen-bond donors (Lipinski definition) is 1. The summed E-state index contributed by atoms with van der Waals surface area (Å²) in [6.45, 7) is 0. The predicted molar refractivity (Wildman–Crippen MR) is 58.3 cm³/mol. The summed E-state index contributed by atoms with van der Waals surface area (Å²) < 4.78 is 1.87. The quantitative estimate of drug-likeness (QED) is 0.649. The van der Waals surface area contributed by atoms with Crippen molar-refractivity contribution in [3.63, 3.8) is 0 Å². The Balaban J connectivity index is 2.23. The molecule has 2 aromatic heterocycles. The fourth-order valence-electron chi connectivity index (χ4n) is 1.75. The first kappa shape index (κ1) is 8.23. The maximum atomic E-state index is 4.21. The maximum absolute atomic E-state index is 4.21. The zero-order chi connectivity index (χ0) is 10.3. The standard InChI is InChI=1S/C11H10N4/c1-15-11-3-2-8(6-9(11)7-13-15)10-4-5-12-14-10/h2-7H,1H3,(H,12,14). The van der Waals surface area contributed by atoms with Gasteiger partial charge in [0.25, 0.3) is 0 Å². The lowest BCUT2D eigenvalue weighted by molar-refractivity contribution is 0.797. The fourth-order valence-corrected chi connectivity index (χ4v) is 1.75. The van der Waals surface area contributed by atoms with E-state index in [1.54, 1.807) is 6.20 Å². The second-order valence-electron chi connectivity index (χ2n) is 3.51. The summed E-state index contributed by atoms with van der Waals surface area (Å²) in [6, 6.07) is 8.20. The van der Waals surface area contributed by atoms with Crippen LogP contribution in [-0.2, 0) is 7.05 Å². The highest BCUT2D eigenvalue weighted by molar-refractivity contribution is 5.83. The van der Waals surface area contributed by atoms with Crippen molar-refractivity contribution >= 4 is 10.9 Å². The SMILES string of the molecule is Cn1ncc2cc(-c3ccn[nH]3)ccc21. The first-order valence-electron chi connectivity index (χ1n) is 4.76. The Morgan fingerprint density at radius 2 is 2.20 bits per heavy atom. The molecule has 0 aliphatic rings. The van der Waals surface area contributed by atoms with Crippen LogP contribution in [0.15, 0.2) is 36.7 Å². The van der Waals surface area contributed by atoms with Gasteiger partial charge < -0.3 is 0 Å². The van der Waals surface area contributed by atoms with E-state index in [-0.39, 0.29) is 0 Å². The molecule has 3 rings (SSSR count). The molecular formula is C11H10N4. The smallest absolute Gasteiger partial charge is 0.0679 e. The van der Waals surface area contributed by atoms with E-state index in [9.17, 15) is 0 Å². The van der Waals surface area contributed by atoms with Crippen molar-refractivity contribution in [1.29, 1.82) is 0 Å². The highest BCUT2D eigenvalue weighted by atomic mass is 15.2. The molecule has 3 aromatic rings. The van der Waals surface area contributed by atoms with Gasteiger partial charge in [-0.1, -0.05) is 6.07 Å². The van der Waals surface area contributed by atoms with Gasteiger partial charge in [-0.3, -0.25) is 9.78 Å². The van der Waals surface area contributed by atoms with Crippen molar-refractivity contribution in [3.8, 4) is 11.3 Å². The van der Waals surface area contributed by atoms with Gasteiger partial charge in [0.15, 0.2) is 0 Å². The number of rotatable bonds is 1. The number of H-pyrrole nitrogens is 1. The monoisotopic (exact) mass is 198 g/mol. The van der Waals surface area contributed by atoms with Crippen LogP contribution in [0.25, 0.3) is 22.2 Å². The van der Waals surface area contributed by atoms with E-state index in [4.69, 9.17) is 0 Å². The Bertz CT molecular complexity index is 592. The number of nitrogens with zero attached hydrogens (tertiary/aromatic N) is 3. The van der Waals surface area contributed by atoms with Crippen LogP contribution in [-0.4, -0.2) is 20.0 Å². The summed E-state index contributed by atoms with van der Waals surface area (Å²) in [4.78, 5) is 0. The predicted octanol–water partition coefficient (Wildman–Crippen LogP) is 1.96. The molecule has 0 amide bonds. The number of aryl methyl sites for hydroxylation is 1. The minimum absolute atomic E-state index is 1.03. The molecule has 0 spiro atoms. The van der Waals surface area contributed by atoms with Crippen LogP contribution in [0, 0.1) is 0 Å². The normalized spacial score (nSPS) is 11.0. The number of hydrogen-bond acceptors (Lipinski definition) is 2. The van der Waals surface area contributed by atoms with Crippen LogP contribution in [0.1, 0.15) is 0 Å². The van der Waals surface area contributed by atoms with Gasteiger partial charge in [0.05, 0.1) is 17.4 Å². The third kappa shape index (κ3) is 1.22. The molecule has 0 aliphatic heterocycles. The third-order valence-electron chi connectivity index (χ3n) is 2.56. The van der Waals surface area contributed by atoms with Crippen molar-refractivity contribution in [2.24, 2.45) is 7.05 Å². The third-order valence-corrected chi connectivity index (χ3v) is 2.56. The molecule has 0 bridgehead atoms. The molecule has 0 saturated heterocycles. The molecule has 0 aliphatic carbocycles. The largest absolute Gasteiger partial charge is 0.278 e. The van der Waals surface area contributed by atoms with Crippen molar-refractivity contribution in [1.82, 2.24) is 20.0 Å². The van der Waals surface area contributed by atoms with E-state index >= 15 is 0 Å². The van der Waals surface area contributed by atoms with E-state index < -0.39 is 0 Å². The number of aromatic nitrogens is 4. The van der Waals surface area contributed by atoms with Gasteiger partial charge in [-0.2, -0.15) is 10.2 Å². The average Bonchev–Trinajstić information content (AvgIpc) is 2.88. The van der Waals surface area contributed by atoms with Crippen LogP contribution >= 0.6 is 0 Å². The Kier molecular flexibility index (Phi) is 1.62. The van der Waals surface area contributed by atoms with Gasteiger partial charge in [0.2, 0.25) is 0 Å². The highest BCUT2D eigenvalue weighted by Crippen LogP contribution is 2.21. The molecule has 0 fully saturated rings. The minimum atomic E-state index is 1.03. The molecule has 74 valence electrons. The molecule has 4 heteroatoms. The van der Waals surface area contributed by atoms with Crippen molar-refractivity contribution < 1.29 is 0 Å². The van der Waals surface area contributed by atoms with E-state index in [1.807, 2.05) is 24.0 Å². The van der Waals surface area contributed by atoms with Gasteiger partial charge >= 0.3 is 0 Å². The van der Waals surface area contributed by atoms with Crippen LogP contribution in [0.2, 0.25) is 0 Å². The molecule has 0 unspecified atom stereocenters. The first-order valence-corrected chi connectivity index (χ1v) is 4.76. The Morgan fingerprint density at radius 1 is 1.27 bits per heavy atom. The molecular weight excluding hydrogens is 188 g/mol. The minimum Gasteiger partial charge on any atom is -0.278 e. The zero-order valence-electron chi connectivity index (χ0n) is 8.31. The van der Waals surface area contributed by atoms with E-state index in [0.717, 1.165) is 22.2 Å². The maximum Gasteiger partial charge on any atom is 0.0679 e. The van der Waals surface area contributed by atoms with Crippen molar-refractivity contribution in [3.05, 3.63) is 36.7 Å². The molecule has 1 aromatic carbocycles. The van der Waals surface area contributed by atoms with Gasteiger partial charge in [-0.25, -0.2) is 0 Å². The molecule has 2 heterocycles. The lowest BCUT2D eigenvalue weighted by atomic mass is 10.1. The van der Waals surface area contributed by atoms with Gasteiger partial charge in [0.1, 0.15) is 0 Å². The van der Waals surface area contributed by atoms with Crippen LogP contribution in [0.3, 0.4) is 0 Å². The summed E-state index contributed by atoms with van der Waals surface area (Å²) in [7, 11) is 1.94. The highest BCUT2D eigenvalue weighted by Gasteiger charge is 2.02. The van der Waals surface area contributed by atoms with E-state index in [0.29, 0.717) is 0 Å². The number of nitrogens with one attached hydrogen (secondary N) is 1. The summed E-state index contributed by atoms with van der Waals surface area (Å²) in [5.41, 5.74) is 3.30. The molecule has 1 N–H and O–H groups in total. The topological polar surface area (TPSA) is 46.5 Å². The first-order chi connectivity index (χ1) is 7.34. The lowest BCUT2D eigenvalue weighted by Crippen LogP contribution is -1.88. The van der Waals surface area contributed by atoms with Gasteiger partial charge in [-0.15, -0.1) is 0 Å². The number of aromatic amines is 1. The van der Waals surface area contributed by atoms with Crippen molar-refractivity contribution in [2.75, 3.05) is 0 Å². The molecule has 0 saturated carbocycles. The van der Waals surface area contributed by atoms with Gasteiger partial charge in [0, 0.05) is 24.2 Å². The summed E-state index contributed by atoms with van der Waals surface area (Å²) in [6.07, 6.45) is 3.62. The van der Waals surface area contributed by atoms with Crippen LogP contribution in [0.4, 0.5) is 0 Å². The fraction of sp³-hybridized carbons (Fsp3) is 0.0909. The van der Waals surface area contributed by atoms with Crippen molar-refractivity contribution in [2.45, 2.75) is 0 Å². The second-order valence-corrected chi connectivity index (χ2v) is 3.51. The molecule has 15 heavy (non-hydrogen) atoms. The van der Waals surface area contributed by atoms with Crippen LogP contribution < -0.4 is 0 Å². The molecule has 0 radical (unpaired) electrons. The summed E-state index contributed by atoms with van der Waals surface area (Å²) in [5, 5.41) is 12.2. The Hall–Kier alpha value is -2.10. The second kappa shape index (κ2) is 2.95.